The zero-order chi connectivity index (χ0) is 17.6. The summed E-state index contributed by atoms with van der Waals surface area (Å²) in [5.74, 6) is 0.915. The van der Waals surface area contributed by atoms with Crippen molar-refractivity contribution in [2.75, 3.05) is 39.5 Å². The summed E-state index contributed by atoms with van der Waals surface area (Å²) in [6.45, 7) is 7.42. The van der Waals surface area contributed by atoms with Gasteiger partial charge in [-0.05, 0) is 26.3 Å². The van der Waals surface area contributed by atoms with Crippen LogP contribution in [0.3, 0.4) is 0 Å². The molecular formula is C19H26N2O4. The van der Waals surface area contributed by atoms with Crippen LogP contribution in [0.5, 0.6) is 0 Å². The van der Waals surface area contributed by atoms with Crippen molar-refractivity contribution in [3.63, 3.8) is 0 Å². The van der Waals surface area contributed by atoms with Gasteiger partial charge in [0.25, 0.3) is 0 Å². The van der Waals surface area contributed by atoms with Crippen molar-refractivity contribution in [2.45, 2.75) is 26.4 Å². The molecule has 1 aromatic heterocycles. The van der Waals surface area contributed by atoms with Gasteiger partial charge in [0.2, 0.25) is 0 Å². The third kappa shape index (κ3) is 4.32. The van der Waals surface area contributed by atoms with Crippen LogP contribution in [0.25, 0.3) is 11.0 Å². The normalized spacial score (nSPS) is 17.8. The first-order valence-corrected chi connectivity index (χ1v) is 8.88. The van der Waals surface area contributed by atoms with Crippen molar-refractivity contribution in [1.82, 2.24) is 10.2 Å². The van der Waals surface area contributed by atoms with E-state index in [4.69, 9.17) is 13.9 Å². The summed E-state index contributed by atoms with van der Waals surface area (Å²) in [5.41, 5.74) is 2.06. The predicted octanol–water partition coefficient (Wildman–Crippen LogP) is 2.73. The molecular weight excluding hydrogens is 320 g/mol. The van der Waals surface area contributed by atoms with Gasteiger partial charge in [0.1, 0.15) is 11.3 Å². The fraction of sp³-hybridized carbons (Fsp3) is 0.526. The number of hydrogen-bond donors (Lipinski definition) is 1. The van der Waals surface area contributed by atoms with E-state index in [2.05, 4.69) is 11.4 Å². The number of hydrogen-bond acceptors (Lipinski definition) is 4. The van der Waals surface area contributed by atoms with Crippen LogP contribution in [-0.4, -0.2) is 56.5 Å². The number of aryl methyl sites for hydroxylation is 1. The Morgan fingerprint density at radius 1 is 1.40 bits per heavy atom. The molecule has 0 spiro atoms. The molecule has 6 nitrogen and oxygen atoms in total. The van der Waals surface area contributed by atoms with E-state index in [1.54, 1.807) is 4.90 Å². The summed E-state index contributed by atoms with van der Waals surface area (Å²) in [6.07, 6.45) is 0.709. The molecule has 0 radical (unpaired) electrons. The van der Waals surface area contributed by atoms with E-state index in [1.807, 2.05) is 32.0 Å². The minimum Gasteiger partial charge on any atom is -0.461 e. The average molecular weight is 346 g/mol. The van der Waals surface area contributed by atoms with Gasteiger partial charge >= 0.3 is 6.03 Å². The van der Waals surface area contributed by atoms with Gasteiger partial charge in [0, 0.05) is 30.6 Å². The molecule has 1 saturated heterocycles. The molecule has 136 valence electrons. The van der Waals surface area contributed by atoms with Gasteiger partial charge < -0.3 is 24.1 Å². The molecule has 2 heterocycles. The van der Waals surface area contributed by atoms with Crippen LogP contribution in [0, 0.1) is 6.92 Å². The number of fused-ring (bicyclic) bond motifs is 1. The van der Waals surface area contributed by atoms with Crippen LogP contribution in [0.1, 0.15) is 18.2 Å². The lowest BCUT2D eigenvalue weighted by Gasteiger charge is -2.32. The van der Waals surface area contributed by atoms with Crippen LogP contribution >= 0.6 is 0 Å². The molecule has 2 amide bonds. The number of benzene rings is 1. The highest BCUT2D eigenvalue weighted by molar-refractivity contribution is 5.82. The Labute approximate surface area is 148 Å². The standard InChI is InChI=1S/C19H26N2O4/c1-3-23-13-15-12-21(10-11-24-15)19(22)20-9-8-16-14(2)25-18-7-5-4-6-17(16)18/h4-7,15H,3,8-13H2,1-2H3,(H,20,22). The molecule has 3 rings (SSSR count). The molecule has 2 aromatic rings. The minimum atomic E-state index is -0.0461. The summed E-state index contributed by atoms with van der Waals surface area (Å²) in [5, 5.41) is 4.13. The van der Waals surface area contributed by atoms with Crippen LogP contribution in [0.2, 0.25) is 0 Å². The molecule has 1 unspecified atom stereocenters. The maximum atomic E-state index is 12.4. The molecule has 1 aromatic carbocycles. The topological polar surface area (TPSA) is 63.9 Å². The van der Waals surface area contributed by atoms with Crippen LogP contribution in [0.15, 0.2) is 28.7 Å². The van der Waals surface area contributed by atoms with E-state index in [0.717, 1.165) is 28.7 Å². The van der Waals surface area contributed by atoms with Crippen molar-refractivity contribution < 1.29 is 18.7 Å². The summed E-state index contributed by atoms with van der Waals surface area (Å²) in [4.78, 5) is 14.2. The van der Waals surface area contributed by atoms with Crippen molar-refractivity contribution in [2.24, 2.45) is 0 Å². The van der Waals surface area contributed by atoms with Gasteiger partial charge in [-0.2, -0.15) is 0 Å². The number of ether oxygens (including phenoxy) is 2. The number of carbonyl (C=O) groups is 1. The smallest absolute Gasteiger partial charge is 0.317 e. The zero-order valence-electron chi connectivity index (χ0n) is 14.9. The average Bonchev–Trinajstić information content (AvgIpc) is 2.95. The quantitative estimate of drug-likeness (QED) is 0.873. The summed E-state index contributed by atoms with van der Waals surface area (Å²) < 4.78 is 16.8. The van der Waals surface area contributed by atoms with E-state index in [9.17, 15) is 4.79 Å². The highest BCUT2D eigenvalue weighted by Crippen LogP contribution is 2.25. The Bertz CT molecular complexity index is 713. The second-order valence-electron chi connectivity index (χ2n) is 6.21. The predicted molar refractivity (Wildman–Crippen MR) is 95.9 cm³/mol. The number of amides is 2. The Morgan fingerprint density at radius 2 is 2.24 bits per heavy atom. The largest absolute Gasteiger partial charge is 0.461 e. The first-order chi connectivity index (χ1) is 12.2. The Kier molecular flexibility index (Phi) is 5.94. The third-order valence-electron chi connectivity index (χ3n) is 4.49. The number of nitrogens with zero attached hydrogens (tertiary/aromatic N) is 1. The van der Waals surface area contributed by atoms with Crippen LogP contribution < -0.4 is 5.32 Å². The first-order valence-electron chi connectivity index (χ1n) is 8.88. The van der Waals surface area contributed by atoms with Gasteiger partial charge in [-0.1, -0.05) is 18.2 Å². The van der Waals surface area contributed by atoms with Crippen molar-refractivity contribution in [1.29, 1.82) is 0 Å². The highest BCUT2D eigenvalue weighted by Gasteiger charge is 2.24. The number of furan rings is 1. The molecule has 1 aliphatic heterocycles. The summed E-state index contributed by atoms with van der Waals surface area (Å²) in [7, 11) is 0. The number of para-hydroxylation sites is 1. The van der Waals surface area contributed by atoms with Crippen LogP contribution in [-0.2, 0) is 15.9 Å². The van der Waals surface area contributed by atoms with Crippen molar-refractivity contribution in [3.05, 3.63) is 35.6 Å². The van der Waals surface area contributed by atoms with Gasteiger partial charge in [0.05, 0.1) is 25.9 Å². The Morgan fingerprint density at radius 3 is 3.08 bits per heavy atom. The SMILES string of the molecule is CCOCC1CN(C(=O)NCCc2c(C)oc3ccccc23)CCO1. The molecule has 0 aliphatic carbocycles. The second kappa shape index (κ2) is 8.36. The van der Waals surface area contributed by atoms with Gasteiger partial charge in [-0.3, -0.25) is 0 Å². The van der Waals surface area contributed by atoms with E-state index in [0.29, 0.717) is 39.5 Å². The molecule has 1 fully saturated rings. The second-order valence-corrected chi connectivity index (χ2v) is 6.21. The molecule has 1 N–H and O–H groups in total. The van der Waals surface area contributed by atoms with Crippen molar-refractivity contribution >= 4 is 17.0 Å². The molecule has 1 atom stereocenters. The summed E-state index contributed by atoms with van der Waals surface area (Å²) >= 11 is 0. The highest BCUT2D eigenvalue weighted by atomic mass is 16.5. The van der Waals surface area contributed by atoms with Gasteiger partial charge in [0.15, 0.2) is 0 Å². The van der Waals surface area contributed by atoms with Gasteiger partial charge in [-0.15, -0.1) is 0 Å². The number of nitrogens with one attached hydrogen (secondary N) is 1. The lowest BCUT2D eigenvalue weighted by atomic mass is 10.1. The van der Waals surface area contributed by atoms with Crippen molar-refractivity contribution in [3.8, 4) is 0 Å². The maximum absolute atomic E-state index is 12.4. The van der Waals surface area contributed by atoms with Crippen LogP contribution in [0.4, 0.5) is 4.79 Å². The lowest BCUT2D eigenvalue weighted by Crippen LogP contribution is -2.51. The molecule has 0 bridgehead atoms. The molecule has 25 heavy (non-hydrogen) atoms. The number of urea groups is 1. The molecule has 0 saturated carbocycles. The number of rotatable bonds is 6. The van der Waals surface area contributed by atoms with E-state index in [-0.39, 0.29) is 12.1 Å². The Hall–Kier alpha value is -2.05. The molecule has 6 heteroatoms. The fourth-order valence-electron chi connectivity index (χ4n) is 3.19. The first kappa shape index (κ1) is 17.8. The Balaban J connectivity index is 1.51. The number of carbonyl (C=O) groups excluding carboxylic acids is 1. The van der Waals surface area contributed by atoms with E-state index in [1.165, 1.54) is 0 Å². The fourth-order valence-corrected chi connectivity index (χ4v) is 3.19. The van der Waals surface area contributed by atoms with E-state index >= 15 is 0 Å². The van der Waals surface area contributed by atoms with E-state index < -0.39 is 0 Å². The lowest BCUT2D eigenvalue weighted by molar-refractivity contribution is -0.0566. The minimum absolute atomic E-state index is 0.0421. The zero-order valence-corrected chi connectivity index (χ0v) is 14.9. The monoisotopic (exact) mass is 346 g/mol. The number of morpholine rings is 1. The maximum Gasteiger partial charge on any atom is 0.317 e. The summed E-state index contributed by atoms with van der Waals surface area (Å²) in [6, 6.07) is 7.95. The molecule has 1 aliphatic rings. The van der Waals surface area contributed by atoms with Gasteiger partial charge in [-0.25, -0.2) is 4.79 Å². The third-order valence-corrected chi connectivity index (χ3v) is 4.49.